The monoisotopic (exact) mass is 418 g/mol. The average molecular weight is 418 g/mol. The standard InChI is InChI=1S/C24H23FN4O2/c1-4-17-5-11-20(12-6-17)29-24-23(16(3)28-29)15(2)13-22(27-24)31-14-21(30)26-19-9-7-18(25)8-10-19/h5-13H,4,14H2,1-3H3,(H,26,30). The van der Waals surface area contributed by atoms with E-state index in [9.17, 15) is 9.18 Å². The van der Waals surface area contributed by atoms with Gasteiger partial charge in [-0.25, -0.2) is 9.07 Å². The van der Waals surface area contributed by atoms with Crippen LogP contribution in [0.25, 0.3) is 16.7 Å². The predicted molar refractivity (Wildman–Crippen MR) is 118 cm³/mol. The predicted octanol–water partition coefficient (Wildman–Crippen LogP) is 4.76. The lowest BCUT2D eigenvalue weighted by Crippen LogP contribution is -2.20. The van der Waals surface area contributed by atoms with Crippen LogP contribution in [0.2, 0.25) is 0 Å². The number of benzene rings is 2. The Morgan fingerprint density at radius 3 is 2.48 bits per heavy atom. The van der Waals surface area contributed by atoms with Gasteiger partial charge in [0, 0.05) is 17.1 Å². The molecule has 0 aliphatic heterocycles. The first-order valence-corrected chi connectivity index (χ1v) is 10.1. The first-order chi connectivity index (χ1) is 14.9. The molecular formula is C24H23FN4O2. The number of nitrogens with one attached hydrogen (secondary N) is 1. The van der Waals surface area contributed by atoms with Gasteiger partial charge in [-0.2, -0.15) is 10.1 Å². The molecule has 0 bridgehead atoms. The van der Waals surface area contributed by atoms with Crippen LogP contribution in [0.3, 0.4) is 0 Å². The Kier molecular flexibility index (Phi) is 5.66. The second-order valence-corrected chi connectivity index (χ2v) is 7.34. The third kappa shape index (κ3) is 4.40. The van der Waals surface area contributed by atoms with Crippen molar-refractivity contribution in [3.05, 3.63) is 77.2 Å². The number of rotatable bonds is 6. The second kappa shape index (κ2) is 8.55. The fourth-order valence-electron chi connectivity index (χ4n) is 3.47. The molecule has 4 aromatic rings. The maximum atomic E-state index is 13.0. The lowest BCUT2D eigenvalue weighted by atomic mass is 10.1. The molecule has 0 saturated carbocycles. The summed E-state index contributed by atoms with van der Waals surface area (Å²) in [6.07, 6.45) is 0.967. The van der Waals surface area contributed by atoms with Crippen LogP contribution in [0, 0.1) is 19.7 Å². The van der Waals surface area contributed by atoms with E-state index in [0.717, 1.165) is 28.8 Å². The highest BCUT2D eigenvalue weighted by Crippen LogP contribution is 2.27. The van der Waals surface area contributed by atoms with Crippen molar-refractivity contribution < 1.29 is 13.9 Å². The molecule has 0 saturated heterocycles. The van der Waals surface area contributed by atoms with Crippen LogP contribution >= 0.6 is 0 Å². The molecule has 158 valence electrons. The molecule has 1 amide bonds. The Hall–Kier alpha value is -3.74. The van der Waals surface area contributed by atoms with E-state index < -0.39 is 0 Å². The van der Waals surface area contributed by atoms with Crippen LogP contribution < -0.4 is 10.1 Å². The summed E-state index contributed by atoms with van der Waals surface area (Å²) in [5.74, 6) is -0.380. The normalized spacial score (nSPS) is 11.0. The molecule has 6 nitrogen and oxygen atoms in total. The first-order valence-electron chi connectivity index (χ1n) is 10.1. The summed E-state index contributed by atoms with van der Waals surface area (Å²) < 4.78 is 20.4. The Bertz CT molecular complexity index is 1230. The highest BCUT2D eigenvalue weighted by atomic mass is 19.1. The van der Waals surface area contributed by atoms with Crippen molar-refractivity contribution in [3.8, 4) is 11.6 Å². The Morgan fingerprint density at radius 1 is 1.10 bits per heavy atom. The van der Waals surface area contributed by atoms with Gasteiger partial charge >= 0.3 is 0 Å². The lowest BCUT2D eigenvalue weighted by molar-refractivity contribution is -0.118. The summed E-state index contributed by atoms with van der Waals surface area (Å²) >= 11 is 0. The van der Waals surface area contributed by atoms with E-state index in [4.69, 9.17) is 4.74 Å². The number of amides is 1. The quantitative estimate of drug-likeness (QED) is 0.490. The number of carbonyl (C=O) groups excluding carboxylic acids is 1. The van der Waals surface area contributed by atoms with Crippen LogP contribution in [0.15, 0.2) is 54.6 Å². The number of aryl methyl sites for hydroxylation is 3. The van der Waals surface area contributed by atoms with E-state index >= 15 is 0 Å². The van der Waals surface area contributed by atoms with E-state index in [-0.39, 0.29) is 18.3 Å². The summed E-state index contributed by atoms with van der Waals surface area (Å²) in [6, 6.07) is 15.5. The number of hydrogen-bond acceptors (Lipinski definition) is 4. The number of aromatic nitrogens is 3. The minimum absolute atomic E-state index is 0.215. The van der Waals surface area contributed by atoms with Crippen LogP contribution in [0.1, 0.15) is 23.7 Å². The number of hydrogen-bond donors (Lipinski definition) is 1. The number of carbonyl (C=O) groups is 1. The molecule has 0 fully saturated rings. The fourth-order valence-corrected chi connectivity index (χ4v) is 3.47. The van der Waals surface area contributed by atoms with Crippen LogP contribution in [0.5, 0.6) is 5.88 Å². The molecule has 0 aliphatic carbocycles. The Morgan fingerprint density at radius 2 is 1.81 bits per heavy atom. The average Bonchev–Trinajstić information content (AvgIpc) is 3.11. The van der Waals surface area contributed by atoms with Gasteiger partial charge in [0.15, 0.2) is 12.3 Å². The number of nitrogens with zero attached hydrogens (tertiary/aromatic N) is 3. The molecule has 1 N–H and O–H groups in total. The van der Waals surface area contributed by atoms with Gasteiger partial charge in [0.2, 0.25) is 5.88 Å². The smallest absolute Gasteiger partial charge is 0.262 e. The minimum Gasteiger partial charge on any atom is -0.467 e. The van der Waals surface area contributed by atoms with Crippen molar-refractivity contribution in [1.29, 1.82) is 0 Å². The third-order valence-electron chi connectivity index (χ3n) is 5.05. The molecule has 7 heteroatoms. The van der Waals surface area contributed by atoms with Gasteiger partial charge in [0.1, 0.15) is 5.82 Å². The van der Waals surface area contributed by atoms with E-state index in [2.05, 4.69) is 34.5 Å². The van der Waals surface area contributed by atoms with Crippen molar-refractivity contribution in [2.75, 3.05) is 11.9 Å². The fraction of sp³-hybridized carbons (Fsp3) is 0.208. The minimum atomic E-state index is -0.363. The lowest BCUT2D eigenvalue weighted by Gasteiger charge is -2.09. The SMILES string of the molecule is CCc1ccc(-n2nc(C)c3c(C)cc(OCC(=O)Nc4ccc(F)cc4)nc32)cc1. The summed E-state index contributed by atoms with van der Waals surface area (Å²) in [7, 11) is 0. The Balaban J connectivity index is 1.57. The summed E-state index contributed by atoms with van der Waals surface area (Å²) in [5, 5.41) is 8.29. The van der Waals surface area contributed by atoms with Crippen molar-refractivity contribution >= 4 is 22.6 Å². The molecule has 2 heterocycles. The number of fused-ring (bicyclic) bond motifs is 1. The van der Waals surface area contributed by atoms with Gasteiger partial charge < -0.3 is 10.1 Å². The molecular weight excluding hydrogens is 395 g/mol. The van der Waals surface area contributed by atoms with Gasteiger partial charge in [-0.1, -0.05) is 19.1 Å². The van der Waals surface area contributed by atoms with Crippen molar-refractivity contribution in [2.24, 2.45) is 0 Å². The molecule has 0 unspecified atom stereocenters. The summed E-state index contributed by atoms with van der Waals surface area (Å²) in [5.41, 5.74) is 5.17. The molecule has 2 aromatic carbocycles. The van der Waals surface area contributed by atoms with Crippen molar-refractivity contribution in [3.63, 3.8) is 0 Å². The molecule has 31 heavy (non-hydrogen) atoms. The number of halogens is 1. The third-order valence-corrected chi connectivity index (χ3v) is 5.05. The molecule has 0 atom stereocenters. The zero-order chi connectivity index (χ0) is 22.0. The topological polar surface area (TPSA) is 69.0 Å². The molecule has 0 spiro atoms. The van der Waals surface area contributed by atoms with Gasteiger partial charge in [0.05, 0.1) is 11.4 Å². The zero-order valence-corrected chi connectivity index (χ0v) is 17.6. The van der Waals surface area contributed by atoms with Gasteiger partial charge in [-0.3, -0.25) is 4.79 Å². The molecule has 0 aliphatic rings. The highest BCUT2D eigenvalue weighted by Gasteiger charge is 2.15. The highest BCUT2D eigenvalue weighted by molar-refractivity contribution is 5.92. The summed E-state index contributed by atoms with van der Waals surface area (Å²) in [6.45, 7) is 5.82. The maximum Gasteiger partial charge on any atom is 0.262 e. The van der Waals surface area contributed by atoms with Crippen molar-refractivity contribution in [2.45, 2.75) is 27.2 Å². The molecule has 4 rings (SSSR count). The second-order valence-electron chi connectivity index (χ2n) is 7.34. The van der Waals surface area contributed by atoms with E-state index in [1.165, 1.54) is 29.8 Å². The first kappa shape index (κ1) is 20.5. The summed E-state index contributed by atoms with van der Waals surface area (Å²) in [4.78, 5) is 16.8. The van der Waals surface area contributed by atoms with Gasteiger partial charge in [0.25, 0.3) is 5.91 Å². The van der Waals surface area contributed by atoms with E-state index in [1.54, 1.807) is 10.7 Å². The molecule has 2 aromatic heterocycles. The number of anilines is 1. The van der Waals surface area contributed by atoms with E-state index in [1.807, 2.05) is 26.0 Å². The maximum absolute atomic E-state index is 13.0. The zero-order valence-electron chi connectivity index (χ0n) is 17.6. The van der Waals surface area contributed by atoms with Crippen LogP contribution in [-0.4, -0.2) is 27.3 Å². The number of ether oxygens (including phenoxy) is 1. The van der Waals surface area contributed by atoms with E-state index in [0.29, 0.717) is 17.2 Å². The van der Waals surface area contributed by atoms with Crippen LogP contribution in [0.4, 0.5) is 10.1 Å². The number of pyridine rings is 1. The van der Waals surface area contributed by atoms with Gasteiger partial charge in [-0.15, -0.1) is 0 Å². The molecule has 0 radical (unpaired) electrons. The van der Waals surface area contributed by atoms with Crippen LogP contribution in [-0.2, 0) is 11.2 Å². The van der Waals surface area contributed by atoms with Crippen molar-refractivity contribution in [1.82, 2.24) is 14.8 Å². The Labute approximate surface area is 179 Å². The largest absolute Gasteiger partial charge is 0.467 e. The van der Waals surface area contributed by atoms with Gasteiger partial charge in [-0.05, 0) is 67.8 Å².